The maximum Gasteiger partial charge on any atom is 0.266 e. The number of H-pyrrole nitrogens is 1. The van der Waals surface area contributed by atoms with Crippen molar-refractivity contribution in [3.8, 4) is 0 Å². The van der Waals surface area contributed by atoms with Crippen molar-refractivity contribution in [1.82, 2.24) is 10.3 Å². The van der Waals surface area contributed by atoms with Gasteiger partial charge in [-0.15, -0.1) is 0 Å². The first-order valence-electron chi connectivity index (χ1n) is 6.97. The van der Waals surface area contributed by atoms with Crippen LogP contribution < -0.4 is 5.32 Å². The zero-order chi connectivity index (χ0) is 15.6. The Bertz CT molecular complexity index is 702. The lowest BCUT2D eigenvalue weighted by Gasteiger charge is -2.29. The number of fused-ring (bicyclic) bond motifs is 1. The van der Waals surface area contributed by atoms with E-state index in [1.807, 2.05) is 13.8 Å². The summed E-state index contributed by atoms with van der Waals surface area (Å²) in [6.07, 6.45) is 0.846. The van der Waals surface area contributed by atoms with Gasteiger partial charge in [0.1, 0.15) is 0 Å². The van der Waals surface area contributed by atoms with E-state index in [1.54, 1.807) is 25.1 Å². The van der Waals surface area contributed by atoms with Crippen LogP contribution in [0.25, 0.3) is 11.1 Å². The Morgan fingerprint density at radius 2 is 2.29 bits per heavy atom. The monoisotopic (exact) mass is 308 g/mol. The molecule has 2 rings (SSSR count). The molecule has 0 aliphatic rings. The van der Waals surface area contributed by atoms with Gasteiger partial charge in [-0.05, 0) is 43.3 Å². The standard InChI is InChI=1S/C15H20N2O3S/c1-4-9(2)15(3,19)8-16-13(18)10-5-6-11-12(7-10)20-14(21)17-11/h5-7,9,19H,4,8H2,1-3H3,(H,16,18)(H,17,21). The zero-order valence-electron chi connectivity index (χ0n) is 12.4. The highest BCUT2D eigenvalue weighted by Crippen LogP contribution is 2.19. The molecule has 1 amide bonds. The Morgan fingerprint density at radius 3 is 2.95 bits per heavy atom. The van der Waals surface area contributed by atoms with Gasteiger partial charge in [0.2, 0.25) is 0 Å². The minimum absolute atomic E-state index is 0.0997. The molecule has 0 fully saturated rings. The number of hydrogen-bond donors (Lipinski definition) is 3. The Labute approximate surface area is 128 Å². The van der Waals surface area contributed by atoms with Gasteiger partial charge in [0, 0.05) is 12.1 Å². The number of benzene rings is 1. The van der Waals surface area contributed by atoms with Crippen molar-refractivity contribution in [1.29, 1.82) is 0 Å². The van der Waals surface area contributed by atoms with Crippen molar-refractivity contribution in [3.63, 3.8) is 0 Å². The molecule has 0 aliphatic carbocycles. The fourth-order valence-electron chi connectivity index (χ4n) is 2.06. The molecule has 2 unspecified atom stereocenters. The van der Waals surface area contributed by atoms with E-state index >= 15 is 0 Å². The van der Waals surface area contributed by atoms with E-state index in [2.05, 4.69) is 10.3 Å². The maximum atomic E-state index is 12.2. The molecule has 114 valence electrons. The molecule has 1 aromatic heterocycles. The summed E-state index contributed by atoms with van der Waals surface area (Å²) in [6.45, 7) is 5.90. The molecule has 0 saturated carbocycles. The number of nitrogens with one attached hydrogen (secondary N) is 2. The average molecular weight is 308 g/mol. The first kappa shape index (κ1) is 15.7. The number of aromatic nitrogens is 1. The van der Waals surface area contributed by atoms with Gasteiger partial charge in [-0.1, -0.05) is 20.3 Å². The molecule has 0 aliphatic heterocycles. The van der Waals surface area contributed by atoms with E-state index in [-0.39, 0.29) is 23.2 Å². The second kappa shape index (κ2) is 5.99. The quantitative estimate of drug-likeness (QED) is 0.742. The normalized spacial score (nSPS) is 15.6. The Hall–Kier alpha value is -1.66. The van der Waals surface area contributed by atoms with E-state index in [1.165, 1.54) is 0 Å². The summed E-state index contributed by atoms with van der Waals surface area (Å²) in [5.74, 6) is -0.148. The molecule has 2 aromatic rings. The summed E-state index contributed by atoms with van der Waals surface area (Å²) < 4.78 is 5.29. The number of hydrogen-bond acceptors (Lipinski definition) is 4. The minimum atomic E-state index is -0.930. The number of carbonyl (C=O) groups excluding carboxylic acids is 1. The largest absolute Gasteiger partial charge is 0.429 e. The van der Waals surface area contributed by atoms with E-state index in [4.69, 9.17) is 16.6 Å². The SMILES string of the molecule is CCC(C)C(C)(O)CNC(=O)c1ccc2[nH]c(=S)oc2c1. The molecule has 5 nitrogen and oxygen atoms in total. The fraction of sp³-hybridized carbons (Fsp3) is 0.467. The van der Waals surface area contributed by atoms with Gasteiger partial charge < -0.3 is 19.8 Å². The van der Waals surface area contributed by atoms with Crippen LogP contribution in [0.1, 0.15) is 37.6 Å². The third-order valence-electron chi connectivity index (χ3n) is 3.96. The summed E-state index contributed by atoms with van der Waals surface area (Å²) in [4.78, 5) is 15.3. The lowest BCUT2D eigenvalue weighted by atomic mass is 9.88. The maximum absolute atomic E-state index is 12.2. The highest BCUT2D eigenvalue weighted by atomic mass is 32.1. The molecule has 1 aromatic carbocycles. The molecule has 1 heterocycles. The molecule has 3 N–H and O–H groups in total. The van der Waals surface area contributed by atoms with Gasteiger partial charge >= 0.3 is 0 Å². The Morgan fingerprint density at radius 1 is 1.57 bits per heavy atom. The molecule has 21 heavy (non-hydrogen) atoms. The number of oxazole rings is 1. The van der Waals surface area contributed by atoms with Crippen LogP contribution in [0, 0.1) is 10.8 Å². The van der Waals surface area contributed by atoms with Crippen LogP contribution in [0.4, 0.5) is 0 Å². The van der Waals surface area contributed by atoms with Crippen LogP contribution in [0.2, 0.25) is 0 Å². The second-order valence-corrected chi connectivity index (χ2v) is 5.95. The van der Waals surface area contributed by atoms with Crippen molar-refractivity contribution in [2.24, 2.45) is 5.92 Å². The van der Waals surface area contributed by atoms with Crippen molar-refractivity contribution in [2.75, 3.05) is 6.54 Å². The lowest BCUT2D eigenvalue weighted by Crippen LogP contribution is -2.45. The molecular weight excluding hydrogens is 288 g/mol. The highest BCUT2D eigenvalue weighted by molar-refractivity contribution is 7.71. The number of aliphatic hydroxyl groups is 1. The van der Waals surface area contributed by atoms with E-state index in [0.29, 0.717) is 11.1 Å². The Balaban J connectivity index is 2.10. The van der Waals surface area contributed by atoms with Gasteiger partial charge in [0.25, 0.3) is 10.7 Å². The molecule has 0 spiro atoms. The summed E-state index contributed by atoms with van der Waals surface area (Å²) in [5.41, 5.74) is 0.838. The average Bonchev–Trinajstić information content (AvgIpc) is 2.82. The molecule has 2 atom stereocenters. The highest BCUT2D eigenvalue weighted by Gasteiger charge is 2.27. The summed E-state index contributed by atoms with van der Waals surface area (Å²) in [6, 6.07) is 5.07. The zero-order valence-corrected chi connectivity index (χ0v) is 13.2. The van der Waals surface area contributed by atoms with Gasteiger partial charge in [0.05, 0.1) is 11.1 Å². The van der Waals surface area contributed by atoms with Crippen LogP contribution in [0.3, 0.4) is 0 Å². The van der Waals surface area contributed by atoms with Crippen LogP contribution >= 0.6 is 12.2 Å². The minimum Gasteiger partial charge on any atom is -0.429 e. The van der Waals surface area contributed by atoms with Gasteiger partial charge in [-0.2, -0.15) is 0 Å². The molecule has 6 heteroatoms. The van der Waals surface area contributed by atoms with Crippen LogP contribution in [-0.2, 0) is 0 Å². The third-order valence-corrected chi connectivity index (χ3v) is 4.15. The number of aromatic amines is 1. The first-order chi connectivity index (χ1) is 9.83. The molecular formula is C15H20N2O3S. The molecule has 0 radical (unpaired) electrons. The van der Waals surface area contributed by atoms with Gasteiger partial charge in [-0.25, -0.2) is 0 Å². The second-order valence-electron chi connectivity index (χ2n) is 5.57. The number of rotatable bonds is 5. The molecule has 0 saturated heterocycles. The van der Waals surface area contributed by atoms with Crippen molar-refractivity contribution in [3.05, 3.63) is 28.6 Å². The topological polar surface area (TPSA) is 78.3 Å². The fourth-order valence-corrected chi connectivity index (χ4v) is 2.26. The number of amides is 1. The number of carbonyl (C=O) groups is 1. The van der Waals surface area contributed by atoms with Crippen molar-refractivity contribution in [2.45, 2.75) is 32.8 Å². The van der Waals surface area contributed by atoms with Gasteiger partial charge in [0.15, 0.2) is 5.58 Å². The van der Waals surface area contributed by atoms with Crippen molar-refractivity contribution >= 4 is 29.2 Å². The smallest absolute Gasteiger partial charge is 0.266 e. The van der Waals surface area contributed by atoms with Crippen LogP contribution in [0.15, 0.2) is 22.6 Å². The summed E-state index contributed by atoms with van der Waals surface area (Å²) in [7, 11) is 0. The van der Waals surface area contributed by atoms with Crippen LogP contribution in [0.5, 0.6) is 0 Å². The van der Waals surface area contributed by atoms with Crippen LogP contribution in [-0.4, -0.2) is 28.1 Å². The van der Waals surface area contributed by atoms with Gasteiger partial charge in [-0.3, -0.25) is 4.79 Å². The summed E-state index contributed by atoms with van der Waals surface area (Å²) >= 11 is 4.91. The predicted octanol–water partition coefficient (Wildman–Crippen LogP) is 3.02. The van der Waals surface area contributed by atoms with E-state index in [0.717, 1.165) is 11.9 Å². The predicted molar refractivity (Wildman–Crippen MR) is 83.8 cm³/mol. The van der Waals surface area contributed by atoms with Crippen molar-refractivity contribution < 1.29 is 14.3 Å². The Kier molecular flexibility index (Phi) is 4.49. The van der Waals surface area contributed by atoms with E-state index < -0.39 is 5.60 Å². The lowest BCUT2D eigenvalue weighted by molar-refractivity contribution is 0.00593. The third kappa shape index (κ3) is 3.51. The summed E-state index contributed by atoms with van der Waals surface area (Å²) in [5, 5.41) is 13.1. The molecule has 0 bridgehead atoms. The van der Waals surface area contributed by atoms with E-state index in [9.17, 15) is 9.90 Å². The first-order valence-corrected chi connectivity index (χ1v) is 7.37.